The first kappa shape index (κ1) is 16.4. The first-order valence-electron chi connectivity index (χ1n) is 7.80. The Hall–Kier alpha value is -2.48. The van der Waals surface area contributed by atoms with Crippen molar-refractivity contribution in [3.8, 4) is 0 Å². The summed E-state index contributed by atoms with van der Waals surface area (Å²) in [4.78, 5) is 18.0. The summed E-state index contributed by atoms with van der Waals surface area (Å²) in [5.74, 6) is 0.641. The van der Waals surface area contributed by atoms with Crippen LogP contribution in [-0.4, -0.2) is 45.4 Å². The minimum absolute atomic E-state index is 0.215. The first-order valence-corrected chi connectivity index (χ1v) is 7.80. The molecule has 2 heterocycles. The Kier molecular flexibility index (Phi) is 4.75. The van der Waals surface area contributed by atoms with Crippen LogP contribution in [0.3, 0.4) is 0 Å². The second-order valence-electron chi connectivity index (χ2n) is 5.83. The normalized spacial score (nSPS) is 20.4. The smallest absolute Gasteiger partial charge is 0.318 e. The number of aryl methyl sites for hydroxylation is 1. The molecule has 0 saturated carbocycles. The van der Waals surface area contributed by atoms with Gasteiger partial charge in [0.1, 0.15) is 5.82 Å². The van der Waals surface area contributed by atoms with E-state index in [4.69, 9.17) is 4.52 Å². The molecule has 7 nitrogen and oxygen atoms in total. The van der Waals surface area contributed by atoms with Gasteiger partial charge in [-0.1, -0.05) is 17.3 Å². The van der Waals surface area contributed by atoms with Crippen LogP contribution < -0.4 is 5.32 Å². The number of rotatable bonds is 4. The lowest BCUT2D eigenvalue weighted by atomic mass is 10.0. The van der Waals surface area contributed by atoms with Gasteiger partial charge in [-0.2, -0.15) is 4.98 Å². The molecule has 0 radical (unpaired) electrons. The second kappa shape index (κ2) is 6.96. The number of nitrogens with one attached hydrogen (secondary N) is 1. The van der Waals surface area contributed by atoms with Crippen LogP contribution in [0, 0.1) is 12.7 Å². The topological polar surface area (TPSA) is 91.5 Å². The van der Waals surface area contributed by atoms with Crippen molar-refractivity contribution in [2.75, 3.05) is 13.1 Å². The molecule has 1 aliphatic rings. The Morgan fingerprint density at radius 3 is 3.08 bits per heavy atom. The number of amides is 2. The van der Waals surface area contributed by atoms with E-state index in [0.29, 0.717) is 36.7 Å². The molecule has 2 amide bonds. The number of urea groups is 1. The average molecular weight is 334 g/mol. The van der Waals surface area contributed by atoms with Gasteiger partial charge in [0.05, 0.1) is 12.1 Å². The van der Waals surface area contributed by atoms with Gasteiger partial charge in [-0.15, -0.1) is 0 Å². The van der Waals surface area contributed by atoms with Crippen LogP contribution in [0.4, 0.5) is 9.18 Å². The van der Waals surface area contributed by atoms with Gasteiger partial charge in [0.15, 0.2) is 5.82 Å². The van der Waals surface area contributed by atoms with Gasteiger partial charge in [-0.25, -0.2) is 9.18 Å². The van der Waals surface area contributed by atoms with E-state index in [-0.39, 0.29) is 24.4 Å². The molecule has 2 atom stereocenters. The van der Waals surface area contributed by atoms with Gasteiger partial charge in [0.25, 0.3) is 0 Å². The number of aliphatic hydroxyl groups is 1. The summed E-state index contributed by atoms with van der Waals surface area (Å²) in [5.41, 5.74) is 0.675. The third-order valence-electron chi connectivity index (χ3n) is 3.96. The lowest BCUT2D eigenvalue weighted by Crippen LogP contribution is -2.41. The highest BCUT2D eigenvalue weighted by molar-refractivity contribution is 5.75. The minimum Gasteiger partial charge on any atom is -0.391 e. The molecule has 0 spiro atoms. The third-order valence-corrected chi connectivity index (χ3v) is 3.96. The zero-order chi connectivity index (χ0) is 17.1. The van der Waals surface area contributed by atoms with Crippen molar-refractivity contribution in [1.29, 1.82) is 0 Å². The van der Waals surface area contributed by atoms with Gasteiger partial charge in [-0.3, -0.25) is 0 Å². The Labute approximate surface area is 138 Å². The number of carbonyl (C=O) groups excluding carboxylic acids is 1. The standard InChI is InChI=1S/C16H19FN4O3/c1-10-19-15(24-20-10)5-6-18-16(23)21-9-13(22)8-14(21)11-3-2-4-12(17)7-11/h2-4,7,13-14,22H,5-6,8-9H2,1H3,(H,18,23)/t13-,14+/m1/s1. The molecule has 24 heavy (non-hydrogen) atoms. The lowest BCUT2D eigenvalue weighted by molar-refractivity contribution is 0.169. The molecule has 8 heteroatoms. The quantitative estimate of drug-likeness (QED) is 0.886. The van der Waals surface area contributed by atoms with Crippen LogP contribution in [-0.2, 0) is 6.42 Å². The monoisotopic (exact) mass is 334 g/mol. The molecule has 0 aliphatic carbocycles. The number of hydrogen-bond acceptors (Lipinski definition) is 5. The SMILES string of the molecule is Cc1noc(CCNC(=O)N2C[C@H](O)C[C@H]2c2cccc(F)c2)n1. The van der Waals surface area contributed by atoms with Crippen LogP contribution >= 0.6 is 0 Å². The number of nitrogens with zero attached hydrogens (tertiary/aromatic N) is 3. The van der Waals surface area contributed by atoms with E-state index in [1.165, 1.54) is 17.0 Å². The van der Waals surface area contributed by atoms with Crippen LogP contribution in [0.2, 0.25) is 0 Å². The fraction of sp³-hybridized carbons (Fsp3) is 0.438. The number of carbonyl (C=O) groups is 1. The molecule has 1 fully saturated rings. The summed E-state index contributed by atoms with van der Waals surface area (Å²) in [5, 5.41) is 16.4. The number of likely N-dealkylation sites (tertiary alicyclic amines) is 1. The summed E-state index contributed by atoms with van der Waals surface area (Å²) in [7, 11) is 0. The maximum atomic E-state index is 13.4. The van der Waals surface area contributed by atoms with E-state index < -0.39 is 6.10 Å². The Morgan fingerprint density at radius 1 is 1.54 bits per heavy atom. The maximum absolute atomic E-state index is 13.4. The van der Waals surface area contributed by atoms with Gasteiger partial charge >= 0.3 is 6.03 Å². The van der Waals surface area contributed by atoms with E-state index >= 15 is 0 Å². The first-order chi connectivity index (χ1) is 11.5. The van der Waals surface area contributed by atoms with E-state index in [9.17, 15) is 14.3 Å². The van der Waals surface area contributed by atoms with E-state index in [1.54, 1.807) is 19.1 Å². The fourth-order valence-corrected chi connectivity index (χ4v) is 2.89. The zero-order valence-corrected chi connectivity index (χ0v) is 13.3. The van der Waals surface area contributed by atoms with Crippen LogP contribution in [0.15, 0.2) is 28.8 Å². The van der Waals surface area contributed by atoms with Gasteiger partial charge in [0.2, 0.25) is 5.89 Å². The minimum atomic E-state index is -0.623. The zero-order valence-electron chi connectivity index (χ0n) is 13.3. The predicted octanol–water partition coefficient (Wildman–Crippen LogP) is 1.58. The van der Waals surface area contributed by atoms with E-state index in [0.717, 1.165) is 0 Å². The number of halogens is 1. The number of β-amino-alcohol motifs (C(OH)–C–C–N with tert-alkyl or cyclic N) is 1. The third kappa shape index (κ3) is 3.70. The average Bonchev–Trinajstić information content (AvgIpc) is 3.13. The van der Waals surface area contributed by atoms with Crippen molar-refractivity contribution in [2.45, 2.75) is 31.9 Å². The molecule has 1 aromatic carbocycles. The summed E-state index contributed by atoms with van der Waals surface area (Å²) in [6.45, 7) is 2.27. The van der Waals surface area contributed by atoms with E-state index in [2.05, 4.69) is 15.5 Å². The summed E-state index contributed by atoms with van der Waals surface area (Å²) in [6.07, 6.45) is 0.190. The molecular formula is C16H19FN4O3. The number of benzene rings is 1. The van der Waals surface area contributed by atoms with Gasteiger partial charge < -0.3 is 19.8 Å². The Balaban J connectivity index is 1.61. The molecule has 0 unspecified atom stereocenters. The summed E-state index contributed by atoms with van der Waals surface area (Å²) < 4.78 is 18.4. The van der Waals surface area contributed by atoms with Crippen molar-refractivity contribution < 1.29 is 18.8 Å². The molecule has 1 aliphatic heterocycles. The van der Waals surface area contributed by atoms with Crippen molar-refractivity contribution in [1.82, 2.24) is 20.4 Å². The Bertz CT molecular complexity index is 721. The molecular weight excluding hydrogens is 315 g/mol. The van der Waals surface area contributed by atoms with Gasteiger partial charge in [-0.05, 0) is 31.0 Å². The van der Waals surface area contributed by atoms with Crippen molar-refractivity contribution in [3.05, 3.63) is 47.4 Å². The predicted molar refractivity (Wildman–Crippen MR) is 82.6 cm³/mol. The number of hydrogen-bond donors (Lipinski definition) is 2. The van der Waals surface area contributed by atoms with Crippen LogP contribution in [0.5, 0.6) is 0 Å². The molecule has 0 bridgehead atoms. The highest BCUT2D eigenvalue weighted by Crippen LogP contribution is 2.32. The Morgan fingerprint density at radius 2 is 2.38 bits per heavy atom. The highest BCUT2D eigenvalue weighted by atomic mass is 19.1. The fourth-order valence-electron chi connectivity index (χ4n) is 2.89. The number of aromatic nitrogens is 2. The molecule has 128 valence electrons. The molecule has 3 rings (SSSR count). The van der Waals surface area contributed by atoms with Crippen LogP contribution in [0.25, 0.3) is 0 Å². The van der Waals surface area contributed by atoms with Crippen molar-refractivity contribution >= 4 is 6.03 Å². The second-order valence-corrected chi connectivity index (χ2v) is 5.83. The molecule has 1 aromatic heterocycles. The molecule has 2 N–H and O–H groups in total. The summed E-state index contributed by atoms with van der Waals surface area (Å²) in [6, 6.07) is 5.45. The van der Waals surface area contributed by atoms with Crippen molar-refractivity contribution in [3.63, 3.8) is 0 Å². The summed E-state index contributed by atoms with van der Waals surface area (Å²) >= 11 is 0. The largest absolute Gasteiger partial charge is 0.391 e. The highest BCUT2D eigenvalue weighted by Gasteiger charge is 2.35. The lowest BCUT2D eigenvalue weighted by Gasteiger charge is -2.25. The van der Waals surface area contributed by atoms with Crippen LogP contribution in [0.1, 0.15) is 29.7 Å². The maximum Gasteiger partial charge on any atom is 0.318 e. The number of aliphatic hydroxyl groups excluding tert-OH is 1. The van der Waals surface area contributed by atoms with Gasteiger partial charge in [0, 0.05) is 19.5 Å². The molecule has 2 aromatic rings. The van der Waals surface area contributed by atoms with Crippen molar-refractivity contribution in [2.24, 2.45) is 0 Å². The molecule has 1 saturated heterocycles. The van der Waals surface area contributed by atoms with E-state index in [1.807, 2.05) is 0 Å².